The molecule has 1 aromatic carbocycles. The van der Waals surface area contributed by atoms with Gasteiger partial charge in [-0.05, 0) is 23.8 Å². The van der Waals surface area contributed by atoms with Gasteiger partial charge in [0.2, 0.25) is 0 Å². The standard InChI is InChI=1S/C13H15N2O3P/c1-15(2)12-8-6-11(7-9-12)4-3-5-13(10-14)19(16,17)18/h3-9H,1-2H3,(H2,16,17,18)/b4-3+,13-5-. The number of benzene rings is 1. The summed E-state index contributed by atoms with van der Waals surface area (Å²) in [4.78, 5) is 19.7. The lowest BCUT2D eigenvalue weighted by Gasteiger charge is -2.11. The van der Waals surface area contributed by atoms with Gasteiger partial charge >= 0.3 is 7.60 Å². The number of hydrogen-bond acceptors (Lipinski definition) is 3. The van der Waals surface area contributed by atoms with Gasteiger partial charge in [0.1, 0.15) is 11.4 Å². The lowest BCUT2D eigenvalue weighted by molar-refractivity contribution is 0.384. The first-order chi connectivity index (χ1) is 8.84. The predicted molar refractivity (Wildman–Crippen MR) is 75.5 cm³/mol. The number of allylic oxidation sites excluding steroid dienone is 3. The molecule has 0 saturated heterocycles. The van der Waals surface area contributed by atoms with Crippen LogP contribution in [0.3, 0.4) is 0 Å². The molecule has 0 amide bonds. The quantitative estimate of drug-likeness (QED) is 0.501. The van der Waals surface area contributed by atoms with E-state index in [-0.39, 0.29) is 0 Å². The second kappa shape index (κ2) is 6.35. The Morgan fingerprint density at radius 1 is 1.32 bits per heavy atom. The molecule has 5 nitrogen and oxygen atoms in total. The second-order valence-corrected chi connectivity index (χ2v) is 5.62. The maximum absolute atomic E-state index is 10.9. The van der Waals surface area contributed by atoms with Crippen molar-refractivity contribution in [3.05, 3.63) is 47.3 Å². The van der Waals surface area contributed by atoms with Gasteiger partial charge < -0.3 is 14.7 Å². The third kappa shape index (κ3) is 4.72. The van der Waals surface area contributed by atoms with Crippen molar-refractivity contribution in [3.63, 3.8) is 0 Å². The van der Waals surface area contributed by atoms with Crippen molar-refractivity contribution >= 4 is 19.4 Å². The largest absolute Gasteiger partial charge is 0.378 e. The lowest BCUT2D eigenvalue weighted by atomic mass is 10.2. The van der Waals surface area contributed by atoms with E-state index in [0.29, 0.717) is 0 Å². The SMILES string of the molecule is CN(C)c1ccc(/C=C/C=C(/C#N)P(=O)(O)O)cc1. The van der Waals surface area contributed by atoms with Crippen molar-refractivity contribution in [3.8, 4) is 6.07 Å². The van der Waals surface area contributed by atoms with Crippen LogP contribution in [0.4, 0.5) is 5.69 Å². The summed E-state index contributed by atoms with van der Waals surface area (Å²) >= 11 is 0. The van der Waals surface area contributed by atoms with Crippen LogP contribution in [0.1, 0.15) is 5.56 Å². The Labute approximate surface area is 112 Å². The average molecular weight is 278 g/mol. The zero-order valence-electron chi connectivity index (χ0n) is 10.7. The predicted octanol–water partition coefficient (Wildman–Crippen LogP) is 2.35. The Hall–Kier alpha value is -1.86. The summed E-state index contributed by atoms with van der Waals surface area (Å²) in [6.45, 7) is 0. The molecule has 0 saturated carbocycles. The van der Waals surface area contributed by atoms with Gasteiger partial charge in [-0.25, -0.2) is 0 Å². The van der Waals surface area contributed by atoms with Gasteiger partial charge in [-0.15, -0.1) is 0 Å². The van der Waals surface area contributed by atoms with Crippen LogP contribution in [0.25, 0.3) is 6.08 Å². The van der Waals surface area contributed by atoms with Crippen LogP contribution in [-0.4, -0.2) is 23.9 Å². The number of nitriles is 1. The van der Waals surface area contributed by atoms with E-state index in [1.807, 2.05) is 43.3 Å². The first-order valence-electron chi connectivity index (χ1n) is 5.46. The van der Waals surface area contributed by atoms with Crippen LogP contribution in [-0.2, 0) is 4.57 Å². The Morgan fingerprint density at radius 2 is 1.89 bits per heavy atom. The monoisotopic (exact) mass is 278 g/mol. The zero-order valence-corrected chi connectivity index (χ0v) is 11.6. The molecule has 0 spiro atoms. The van der Waals surface area contributed by atoms with Gasteiger partial charge in [-0.3, -0.25) is 4.57 Å². The Morgan fingerprint density at radius 3 is 2.32 bits per heavy atom. The van der Waals surface area contributed by atoms with E-state index < -0.39 is 12.9 Å². The summed E-state index contributed by atoms with van der Waals surface area (Å²) in [6, 6.07) is 9.11. The third-order valence-corrected chi connectivity index (χ3v) is 3.26. The second-order valence-electron chi connectivity index (χ2n) is 4.05. The number of hydrogen-bond donors (Lipinski definition) is 2. The maximum Gasteiger partial charge on any atom is 0.366 e. The molecule has 1 aromatic rings. The normalized spacial score (nSPS) is 12.5. The van der Waals surface area contributed by atoms with Crippen LogP contribution in [0, 0.1) is 11.3 Å². The van der Waals surface area contributed by atoms with Crippen molar-refractivity contribution in [2.45, 2.75) is 0 Å². The fourth-order valence-corrected chi connectivity index (χ4v) is 1.74. The molecule has 0 aliphatic carbocycles. The summed E-state index contributed by atoms with van der Waals surface area (Å²) in [5.41, 5.74) is 1.94. The van der Waals surface area contributed by atoms with E-state index in [4.69, 9.17) is 15.0 Å². The summed E-state index contributed by atoms with van der Waals surface area (Å²) in [5.74, 6) is 0. The minimum Gasteiger partial charge on any atom is -0.378 e. The molecule has 19 heavy (non-hydrogen) atoms. The van der Waals surface area contributed by atoms with E-state index in [1.54, 1.807) is 6.08 Å². The number of anilines is 1. The van der Waals surface area contributed by atoms with Crippen LogP contribution in [0.2, 0.25) is 0 Å². The molecule has 0 heterocycles. The number of rotatable bonds is 4. The summed E-state index contributed by atoms with van der Waals surface area (Å²) < 4.78 is 10.9. The molecule has 0 aromatic heterocycles. The molecule has 2 N–H and O–H groups in total. The Balaban J connectivity index is 2.86. The minimum atomic E-state index is -4.48. The van der Waals surface area contributed by atoms with Crippen molar-refractivity contribution in [1.82, 2.24) is 0 Å². The molecule has 1 rings (SSSR count). The Bertz CT molecular complexity index is 577. The zero-order chi connectivity index (χ0) is 14.5. The van der Waals surface area contributed by atoms with Crippen molar-refractivity contribution < 1.29 is 14.4 Å². The molecule has 6 heteroatoms. The summed E-state index contributed by atoms with van der Waals surface area (Å²) in [5, 5.41) is 8.06. The van der Waals surface area contributed by atoms with Crippen LogP contribution in [0.5, 0.6) is 0 Å². The highest BCUT2D eigenvalue weighted by molar-refractivity contribution is 7.56. The highest BCUT2D eigenvalue weighted by Crippen LogP contribution is 2.44. The van der Waals surface area contributed by atoms with E-state index in [1.165, 1.54) is 12.1 Å². The smallest absolute Gasteiger partial charge is 0.366 e. The highest BCUT2D eigenvalue weighted by atomic mass is 31.2. The maximum atomic E-state index is 10.9. The van der Waals surface area contributed by atoms with Crippen molar-refractivity contribution in [2.75, 3.05) is 19.0 Å². The fraction of sp³-hybridized carbons (Fsp3) is 0.154. The molecular formula is C13H15N2O3P. The highest BCUT2D eigenvalue weighted by Gasteiger charge is 2.19. The molecule has 100 valence electrons. The first-order valence-corrected chi connectivity index (χ1v) is 7.08. The van der Waals surface area contributed by atoms with Crippen LogP contribution in [0.15, 0.2) is 41.7 Å². The fourth-order valence-electron chi connectivity index (χ4n) is 1.33. The van der Waals surface area contributed by atoms with Gasteiger partial charge in [0, 0.05) is 19.8 Å². The van der Waals surface area contributed by atoms with E-state index in [9.17, 15) is 4.57 Å². The Kier molecular flexibility index (Phi) is 5.08. The summed E-state index contributed by atoms with van der Waals surface area (Å²) in [6.07, 6.45) is 4.25. The van der Waals surface area contributed by atoms with Gasteiger partial charge in [0.15, 0.2) is 0 Å². The van der Waals surface area contributed by atoms with Gasteiger partial charge in [-0.1, -0.05) is 24.3 Å². The average Bonchev–Trinajstić information content (AvgIpc) is 2.33. The first kappa shape index (κ1) is 15.2. The number of nitrogens with zero attached hydrogens (tertiary/aromatic N) is 2. The molecule has 0 unspecified atom stereocenters. The van der Waals surface area contributed by atoms with Crippen LogP contribution < -0.4 is 4.90 Å². The van der Waals surface area contributed by atoms with Gasteiger partial charge in [0.05, 0.1) is 0 Å². The third-order valence-electron chi connectivity index (χ3n) is 2.38. The molecule has 0 fully saturated rings. The van der Waals surface area contributed by atoms with Gasteiger partial charge in [-0.2, -0.15) is 5.26 Å². The molecule has 0 radical (unpaired) electrons. The van der Waals surface area contributed by atoms with Crippen LogP contribution >= 0.6 is 7.60 Å². The van der Waals surface area contributed by atoms with Crippen molar-refractivity contribution in [1.29, 1.82) is 5.26 Å². The molecule has 0 aliphatic heterocycles. The molecule has 0 atom stereocenters. The van der Waals surface area contributed by atoms with E-state index in [2.05, 4.69) is 0 Å². The van der Waals surface area contributed by atoms with Crippen molar-refractivity contribution in [2.24, 2.45) is 0 Å². The van der Waals surface area contributed by atoms with Gasteiger partial charge in [0.25, 0.3) is 0 Å². The molecule has 0 bridgehead atoms. The lowest BCUT2D eigenvalue weighted by Crippen LogP contribution is -2.07. The van der Waals surface area contributed by atoms with E-state index >= 15 is 0 Å². The minimum absolute atomic E-state index is 0.548. The molecule has 0 aliphatic rings. The molecular weight excluding hydrogens is 263 g/mol. The summed E-state index contributed by atoms with van der Waals surface area (Å²) in [7, 11) is -0.601. The van der Waals surface area contributed by atoms with E-state index in [0.717, 1.165) is 17.3 Å². The topological polar surface area (TPSA) is 84.6 Å².